The van der Waals surface area contributed by atoms with E-state index in [1.54, 1.807) is 49.4 Å². The van der Waals surface area contributed by atoms with Crippen LogP contribution in [-0.4, -0.2) is 20.6 Å². The van der Waals surface area contributed by atoms with Gasteiger partial charge in [0.2, 0.25) is 11.7 Å². The molecule has 124 valence electrons. The normalized spacial score (nSPS) is 13.5. The molecule has 0 aliphatic rings. The molecule has 0 aliphatic heterocycles. The van der Waals surface area contributed by atoms with Crippen molar-refractivity contribution in [3.8, 4) is 11.4 Å². The minimum absolute atomic E-state index is 0.370. The lowest BCUT2D eigenvalue weighted by Gasteiger charge is -2.07. The van der Waals surface area contributed by atoms with Gasteiger partial charge in [0.25, 0.3) is 0 Å². The Bertz CT molecular complexity index is 1010. The van der Waals surface area contributed by atoms with Gasteiger partial charge in [0.15, 0.2) is 0 Å². The van der Waals surface area contributed by atoms with Crippen molar-refractivity contribution >= 4 is 38.6 Å². The van der Waals surface area contributed by atoms with Crippen molar-refractivity contribution in [2.45, 2.75) is 11.8 Å². The number of hydrogen-bond acceptors (Lipinski definition) is 5. The van der Waals surface area contributed by atoms with Crippen LogP contribution in [0.1, 0.15) is 5.89 Å². The molecule has 0 fully saturated rings. The van der Waals surface area contributed by atoms with Crippen molar-refractivity contribution < 1.29 is 8.73 Å². The van der Waals surface area contributed by atoms with Gasteiger partial charge in [-0.15, -0.1) is 0 Å². The number of hydrogen-bond donors (Lipinski definition) is 0. The summed E-state index contributed by atoms with van der Waals surface area (Å²) in [5.41, 5.74) is 1.34. The summed E-state index contributed by atoms with van der Waals surface area (Å²) in [6, 6.07) is 11.9. The predicted molar refractivity (Wildman–Crippen MR) is 95.4 cm³/mol. The van der Waals surface area contributed by atoms with Crippen molar-refractivity contribution in [2.75, 3.05) is 6.26 Å². The van der Waals surface area contributed by atoms with Crippen LogP contribution < -0.4 is 0 Å². The minimum atomic E-state index is -2.73. The molecule has 5 nitrogen and oxygen atoms in total. The second-order valence-electron chi connectivity index (χ2n) is 5.15. The maximum absolute atomic E-state index is 12.9. The summed E-state index contributed by atoms with van der Waals surface area (Å²) in [5, 5.41) is 4.68. The summed E-state index contributed by atoms with van der Waals surface area (Å²) in [6.07, 6.45) is 1.53. The van der Waals surface area contributed by atoms with Gasteiger partial charge in [0.1, 0.15) is 0 Å². The molecule has 8 heteroatoms. The minimum Gasteiger partial charge on any atom is -0.339 e. The van der Waals surface area contributed by atoms with E-state index >= 15 is 0 Å². The SMILES string of the molecule is Cc1nc(-c2ccc(N=S(C)(=O)c3cc(Cl)ccc3Cl)cc2)no1. The maximum atomic E-state index is 12.9. The monoisotopic (exact) mass is 381 g/mol. The van der Waals surface area contributed by atoms with E-state index in [4.69, 9.17) is 27.7 Å². The third-order valence-electron chi connectivity index (χ3n) is 3.23. The van der Waals surface area contributed by atoms with Crippen molar-refractivity contribution in [1.82, 2.24) is 10.1 Å². The summed E-state index contributed by atoms with van der Waals surface area (Å²) in [5.74, 6) is 0.986. The second kappa shape index (κ2) is 6.55. The van der Waals surface area contributed by atoms with Crippen LogP contribution in [0, 0.1) is 6.92 Å². The lowest BCUT2D eigenvalue weighted by Crippen LogP contribution is -1.98. The first-order chi connectivity index (χ1) is 11.3. The smallest absolute Gasteiger partial charge is 0.223 e. The molecule has 1 atom stereocenters. The molecule has 0 saturated carbocycles. The highest BCUT2D eigenvalue weighted by Gasteiger charge is 2.12. The molecule has 0 aliphatic carbocycles. The third-order valence-corrected chi connectivity index (χ3v) is 5.62. The van der Waals surface area contributed by atoms with Crippen molar-refractivity contribution in [3.63, 3.8) is 0 Å². The highest BCUT2D eigenvalue weighted by Crippen LogP contribution is 2.29. The van der Waals surface area contributed by atoms with E-state index in [-0.39, 0.29) is 0 Å². The van der Waals surface area contributed by atoms with E-state index in [1.807, 2.05) is 0 Å². The van der Waals surface area contributed by atoms with Gasteiger partial charge in [-0.05, 0) is 42.5 Å². The molecule has 0 spiro atoms. The van der Waals surface area contributed by atoms with Crippen molar-refractivity contribution in [3.05, 3.63) is 58.4 Å². The molecule has 0 N–H and O–H groups in total. The second-order valence-corrected chi connectivity index (χ2v) is 8.22. The summed E-state index contributed by atoms with van der Waals surface area (Å²) in [6.45, 7) is 1.72. The van der Waals surface area contributed by atoms with Gasteiger partial charge in [-0.3, -0.25) is 0 Å². The number of benzene rings is 2. The molecular weight excluding hydrogens is 369 g/mol. The highest BCUT2D eigenvalue weighted by atomic mass is 35.5. The van der Waals surface area contributed by atoms with Crippen LogP contribution in [0.15, 0.2) is 56.2 Å². The summed E-state index contributed by atoms with van der Waals surface area (Å²) in [4.78, 5) is 4.57. The zero-order valence-electron chi connectivity index (χ0n) is 12.9. The van der Waals surface area contributed by atoms with E-state index in [0.717, 1.165) is 5.56 Å². The molecule has 3 aromatic rings. The van der Waals surface area contributed by atoms with Gasteiger partial charge in [-0.25, -0.2) is 4.21 Å². The largest absolute Gasteiger partial charge is 0.339 e. The summed E-state index contributed by atoms with van der Waals surface area (Å²) >= 11 is 12.1. The molecule has 0 amide bonds. The van der Waals surface area contributed by atoms with Gasteiger partial charge < -0.3 is 4.52 Å². The lowest BCUT2D eigenvalue weighted by atomic mass is 10.2. The summed E-state index contributed by atoms with van der Waals surface area (Å²) < 4.78 is 22.2. The molecule has 1 unspecified atom stereocenters. The van der Waals surface area contributed by atoms with Crippen LogP contribution in [0.25, 0.3) is 11.4 Å². The molecule has 2 aromatic carbocycles. The van der Waals surface area contributed by atoms with Crippen LogP contribution >= 0.6 is 23.2 Å². The Balaban J connectivity index is 1.98. The molecule has 1 heterocycles. The van der Waals surface area contributed by atoms with Crippen LogP contribution in [0.2, 0.25) is 10.0 Å². The summed E-state index contributed by atoms with van der Waals surface area (Å²) in [7, 11) is -2.73. The Labute approximate surface area is 149 Å². The van der Waals surface area contributed by atoms with Crippen LogP contribution in [0.4, 0.5) is 5.69 Å². The Morgan fingerprint density at radius 2 is 1.83 bits per heavy atom. The Kier molecular flexibility index (Phi) is 4.62. The Hall–Kier alpha value is -1.89. The first-order valence-electron chi connectivity index (χ1n) is 6.93. The van der Waals surface area contributed by atoms with E-state index in [1.165, 1.54) is 6.26 Å². The fraction of sp³-hybridized carbons (Fsp3) is 0.125. The van der Waals surface area contributed by atoms with Crippen LogP contribution in [-0.2, 0) is 9.73 Å². The van der Waals surface area contributed by atoms with Gasteiger partial charge in [-0.1, -0.05) is 28.4 Å². The van der Waals surface area contributed by atoms with E-state index in [0.29, 0.717) is 32.3 Å². The molecule has 24 heavy (non-hydrogen) atoms. The standard InChI is InChI=1S/C16H13Cl2N3O2S/c1-10-19-16(20-23-10)11-3-6-13(7-4-11)21-24(2,22)15-9-12(17)5-8-14(15)18/h3-9H,1-2H3. The fourth-order valence-corrected chi connectivity index (χ4v) is 4.29. The van der Waals surface area contributed by atoms with Crippen LogP contribution in [0.5, 0.6) is 0 Å². The first-order valence-corrected chi connectivity index (χ1v) is 9.61. The van der Waals surface area contributed by atoms with Gasteiger partial charge in [0, 0.05) is 23.8 Å². The average molecular weight is 382 g/mol. The molecule has 1 aromatic heterocycles. The maximum Gasteiger partial charge on any atom is 0.223 e. The Morgan fingerprint density at radius 1 is 1.12 bits per heavy atom. The molecule has 0 bridgehead atoms. The number of halogens is 2. The predicted octanol–water partition coefficient (Wildman–Crippen LogP) is 5.14. The van der Waals surface area contributed by atoms with Gasteiger partial charge >= 0.3 is 0 Å². The number of aromatic nitrogens is 2. The first kappa shape index (κ1) is 17.0. The quantitative estimate of drug-likeness (QED) is 0.629. The van der Waals surface area contributed by atoms with E-state index in [2.05, 4.69) is 14.5 Å². The van der Waals surface area contributed by atoms with Crippen molar-refractivity contribution in [2.24, 2.45) is 4.36 Å². The van der Waals surface area contributed by atoms with Gasteiger partial charge in [-0.2, -0.15) is 9.35 Å². The number of nitrogens with zero attached hydrogens (tertiary/aromatic N) is 3. The van der Waals surface area contributed by atoms with E-state index < -0.39 is 9.73 Å². The molecule has 3 rings (SSSR count). The third kappa shape index (κ3) is 3.61. The van der Waals surface area contributed by atoms with Gasteiger partial charge in [0.05, 0.1) is 25.3 Å². The highest BCUT2D eigenvalue weighted by molar-refractivity contribution is 7.93. The number of rotatable bonds is 3. The van der Waals surface area contributed by atoms with Crippen LogP contribution in [0.3, 0.4) is 0 Å². The number of aryl methyl sites for hydroxylation is 1. The lowest BCUT2D eigenvalue weighted by molar-refractivity contribution is 0.394. The molecule has 0 radical (unpaired) electrons. The topological polar surface area (TPSA) is 68.3 Å². The zero-order valence-corrected chi connectivity index (χ0v) is 15.2. The zero-order chi connectivity index (χ0) is 17.3. The Morgan fingerprint density at radius 3 is 2.46 bits per heavy atom. The molecular formula is C16H13Cl2N3O2S. The average Bonchev–Trinajstić information content (AvgIpc) is 2.96. The fourth-order valence-electron chi connectivity index (χ4n) is 2.11. The molecule has 0 saturated heterocycles. The van der Waals surface area contributed by atoms with E-state index in [9.17, 15) is 4.21 Å². The van der Waals surface area contributed by atoms with Crippen molar-refractivity contribution in [1.29, 1.82) is 0 Å².